The third-order valence-corrected chi connectivity index (χ3v) is 1.31. The van der Waals surface area contributed by atoms with Gasteiger partial charge in [-0.2, -0.15) is 0 Å². The molecule has 0 aliphatic carbocycles. The largest absolute Gasteiger partial charge is 0.307 e. The molecule has 4 N–H and O–H groups in total. The Labute approximate surface area is 65.9 Å². The molecule has 0 saturated heterocycles. The van der Waals surface area contributed by atoms with Crippen LogP contribution in [-0.2, 0) is 9.59 Å². The Kier molecular flexibility index (Phi) is 4.65. The zero-order valence-electron chi connectivity index (χ0n) is 6.30. The maximum atomic E-state index is 10.0. The predicted octanol–water partition coefficient (Wildman–Crippen LogP) is -0.620. The molecule has 0 aliphatic rings. The van der Waals surface area contributed by atoms with E-state index < -0.39 is 5.66 Å². The van der Waals surface area contributed by atoms with Gasteiger partial charge in [0.1, 0.15) is 5.66 Å². The van der Waals surface area contributed by atoms with Crippen LogP contribution in [0, 0.1) is 0 Å². The summed E-state index contributed by atoms with van der Waals surface area (Å²) in [6.45, 7) is 0. The molecule has 0 aliphatic heterocycles. The fourth-order valence-electron chi connectivity index (χ4n) is 0.666. The Morgan fingerprint density at radius 1 is 1.18 bits per heavy atom. The summed E-state index contributed by atoms with van der Waals surface area (Å²) in [6, 6.07) is 0. The second-order valence-electron chi connectivity index (χ2n) is 2.49. The minimum absolute atomic E-state index is 0.359. The van der Waals surface area contributed by atoms with Gasteiger partial charge in [0, 0.05) is 6.42 Å². The van der Waals surface area contributed by atoms with E-state index in [9.17, 15) is 9.59 Å². The summed E-state index contributed by atoms with van der Waals surface area (Å²) in [4.78, 5) is 19.8. The van der Waals surface area contributed by atoms with E-state index in [1.165, 1.54) is 6.29 Å². The van der Waals surface area contributed by atoms with Crippen LogP contribution < -0.4 is 11.5 Å². The molecule has 0 rings (SSSR count). The zero-order valence-corrected chi connectivity index (χ0v) is 6.30. The molecular weight excluding hydrogens is 144 g/mol. The lowest BCUT2D eigenvalue weighted by Crippen LogP contribution is -2.50. The first-order valence-electron chi connectivity index (χ1n) is 3.44. The van der Waals surface area contributed by atoms with Gasteiger partial charge in [-0.05, 0) is 19.3 Å². The summed E-state index contributed by atoms with van der Waals surface area (Å²) in [5.74, 6) is 0. The van der Waals surface area contributed by atoms with Gasteiger partial charge in [-0.15, -0.1) is 0 Å². The first-order chi connectivity index (χ1) is 5.12. The molecule has 62 valence electrons. The Morgan fingerprint density at radius 3 is 2.27 bits per heavy atom. The smallest absolute Gasteiger partial charge is 0.235 e. The van der Waals surface area contributed by atoms with E-state index in [2.05, 4.69) is 0 Å². The van der Waals surface area contributed by atoms with Crippen molar-refractivity contribution in [2.75, 3.05) is 0 Å². The molecule has 0 aromatic carbocycles. The van der Waals surface area contributed by atoms with E-state index in [0.717, 1.165) is 0 Å². The van der Waals surface area contributed by atoms with Gasteiger partial charge in [-0.25, -0.2) is 0 Å². The van der Waals surface area contributed by atoms with E-state index in [4.69, 9.17) is 11.5 Å². The summed E-state index contributed by atoms with van der Waals surface area (Å²) >= 11 is 0. The number of hydrogen-bond acceptors (Lipinski definition) is 4. The fourth-order valence-corrected chi connectivity index (χ4v) is 0.666. The van der Waals surface area contributed by atoms with Crippen molar-refractivity contribution in [3.05, 3.63) is 0 Å². The number of hydrogen-bond donors (Lipinski definition) is 2. The van der Waals surface area contributed by atoms with Crippen LogP contribution in [0.2, 0.25) is 0 Å². The highest BCUT2D eigenvalue weighted by atomic mass is 16.1. The first kappa shape index (κ1) is 10.3. The highest BCUT2D eigenvalue weighted by Crippen LogP contribution is 2.03. The quantitative estimate of drug-likeness (QED) is 0.396. The average Bonchev–Trinajstić information content (AvgIpc) is 1.99. The molecular formula is C7H12N2O2. The van der Waals surface area contributed by atoms with Crippen LogP contribution in [0.4, 0.5) is 0 Å². The molecule has 4 heteroatoms. The van der Waals surface area contributed by atoms with E-state index in [0.29, 0.717) is 25.7 Å². The number of carbonyl (C=O) groups excluding carboxylic acids is 2. The Morgan fingerprint density at radius 2 is 1.82 bits per heavy atom. The fraction of sp³-hybridized carbons (Fsp3) is 0.714. The Hall–Kier alpha value is -0.740. The molecule has 0 unspecified atom stereocenters. The van der Waals surface area contributed by atoms with E-state index in [-0.39, 0.29) is 0 Å². The van der Waals surface area contributed by atoms with Gasteiger partial charge < -0.3 is 11.5 Å². The van der Waals surface area contributed by atoms with Crippen LogP contribution >= 0.6 is 0 Å². The molecule has 0 heterocycles. The molecule has 2 radical (unpaired) electrons. The lowest BCUT2D eigenvalue weighted by atomic mass is 10.1. The van der Waals surface area contributed by atoms with Crippen molar-refractivity contribution in [2.24, 2.45) is 11.5 Å². The monoisotopic (exact) mass is 156 g/mol. The summed E-state index contributed by atoms with van der Waals surface area (Å²) in [5.41, 5.74) is 9.16. The van der Waals surface area contributed by atoms with Crippen LogP contribution in [0.3, 0.4) is 0 Å². The standard InChI is InChI=1S/C7H12N2O2/c8-7(9,6-11)4-2-1-3-5-10/h1-4,8-9H2. The van der Waals surface area contributed by atoms with Crippen LogP contribution in [0.15, 0.2) is 0 Å². The summed E-state index contributed by atoms with van der Waals surface area (Å²) < 4.78 is 0. The van der Waals surface area contributed by atoms with Crippen LogP contribution in [-0.4, -0.2) is 18.2 Å². The van der Waals surface area contributed by atoms with E-state index >= 15 is 0 Å². The number of unbranched alkanes of at least 4 members (excludes halogenated alkanes) is 2. The van der Waals surface area contributed by atoms with Gasteiger partial charge in [0.2, 0.25) is 6.29 Å². The van der Waals surface area contributed by atoms with Gasteiger partial charge in [0.05, 0.1) is 0 Å². The van der Waals surface area contributed by atoms with Gasteiger partial charge in [-0.3, -0.25) is 9.59 Å². The average molecular weight is 156 g/mol. The second kappa shape index (κ2) is 4.98. The molecule has 11 heavy (non-hydrogen) atoms. The second-order valence-corrected chi connectivity index (χ2v) is 2.49. The topological polar surface area (TPSA) is 86.2 Å². The first-order valence-corrected chi connectivity index (χ1v) is 3.44. The molecule has 0 saturated carbocycles. The number of nitrogens with two attached hydrogens (primary N) is 2. The van der Waals surface area contributed by atoms with Gasteiger partial charge >= 0.3 is 0 Å². The highest BCUT2D eigenvalue weighted by Gasteiger charge is 2.17. The molecule has 0 amide bonds. The van der Waals surface area contributed by atoms with Crippen LogP contribution in [0.1, 0.15) is 25.7 Å². The van der Waals surface area contributed by atoms with Gasteiger partial charge in [0.25, 0.3) is 0 Å². The minimum atomic E-state index is -1.34. The Bertz CT molecular complexity index is 134. The number of rotatable bonds is 6. The molecule has 0 aromatic rings. The predicted molar refractivity (Wildman–Crippen MR) is 41.0 cm³/mol. The van der Waals surface area contributed by atoms with Crippen molar-refractivity contribution in [2.45, 2.75) is 31.3 Å². The molecule has 4 nitrogen and oxygen atoms in total. The molecule has 0 aromatic heterocycles. The molecule has 0 atom stereocenters. The van der Waals surface area contributed by atoms with Crippen LogP contribution in [0.5, 0.6) is 0 Å². The lowest BCUT2D eigenvalue weighted by Gasteiger charge is -2.14. The van der Waals surface area contributed by atoms with Crippen molar-refractivity contribution in [3.8, 4) is 0 Å². The molecule has 0 spiro atoms. The van der Waals surface area contributed by atoms with Crippen LogP contribution in [0.25, 0.3) is 0 Å². The van der Waals surface area contributed by atoms with Crippen molar-refractivity contribution in [3.63, 3.8) is 0 Å². The highest BCUT2D eigenvalue weighted by molar-refractivity contribution is 5.63. The minimum Gasteiger partial charge on any atom is -0.307 e. The van der Waals surface area contributed by atoms with Crippen molar-refractivity contribution < 1.29 is 9.59 Å². The van der Waals surface area contributed by atoms with Crippen molar-refractivity contribution >= 4 is 12.6 Å². The SMILES string of the molecule is NC(N)([C]=O)CCCC[C]=O. The summed E-state index contributed by atoms with van der Waals surface area (Å²) in [6.07, 6.45) is 5.31. The third-order valence-electron chi connectivity index (χ3n) is 1.31. The molecule has 0 fully saturated rings. The van der Waals surface area contributed by atoms with E-state index in [1.807, 2.05) is 0 Å². The van der Waals surface area contributed by atoms with Gasteiger partial charge in [0.15, 0.2) is 6.29 Å². The van der Waals surface area contributed by atoms with Gasteiger partial charge in [-0.1, -0.05) is 0 Å². The zero-order chi connectivity index (χ0) is 8.74. The van der Waals surface area contributed by atoms with Crippen molar-refractivity contribution in [1.82, 2.24) is 0 Å². The summed E-state index contributed by atoms with van der Waals surface area (Å²) in [5, 5.41) is 0. The normalized spacial score (nSPS) is 11.1. The lowest BCUT2D eigenvalue weighted by molar-refractivity contribution is 0.453. The van der Waals surface area contributed by atoms with E-state index in [1.54, 1.807) is 6.29 Å². The third kappa shape index (κ3) is 5.69. The Balaban J connectivity index is 3.37. The van der Waals surface area contributed by atoms with Crippen molar-refractivity contribution in [1.29, 1.82) is 0 Å². The maximum Gasteiger partial charge on any atom is 0.235 e. The molecule has 0 bridgehead atoms. The maximum absolute atomic E-state index is 10.0. The summed E-state index contributed by atoms with van der Waals surface area (Å²) in [7, 11) is 0.